The first kappa shape index (κ1) is 94.7. The van der Waals surface area contributed by atoms with E-state index in [1.807, 2.05) is 21.1 Å². The number of quaternary nitrogens is 1. The highest BCUT2D eigenvalue weighted by Crippen LogP contribution is 2.20. The van der Waals surface area contributed by atoms with E-state index < -0.39 is 18.4 Å². The molecule has 0 saturated heterocycles. The van der Waals surface area contributed by atoms with Gasteiger partial charge in [-0.25, -0.2) is 4.79 Å². The van der Waals surface area contributed by atoms with Gasteiger partial charge in [-0.1, -0.05) is 414 Å². The summed E-state index contributed by atoms with van der Waals surface area (Å²) < 4.78 is 23.1. The predicted molar refractivity (Wildman–Crippen MR) is 424 cm³/mol. The van der Waals surface area contributed by atoms with Crippen LogP contribution < -0.4 is 0 Å². The van der Waals surface area contributed by atoms with Crippen molar-refractivity contribution < 1.29 is 42.9 Å². The molecule has 2 atom stereocenters. The van der Waals surface area contributed by atoms with Gasteiger partial charge in [-0.2, -0.15) is 0 Å². The molecule has 0 aromatic heterocycles. The molecule has 0 spiro atoms. The Morgan fingerprint density at radius 2 is 0.582 bits per heavy atom. The average molecular weight is 1380 g/mol. The number of carboxylic acids is 1. The normalized spacial score (nSPS) is 12.9. The Morgan fingerprint density at radius 3 is 0.867 bits per heavy atom. The summed E-state index contributed by atoms with van der Waals surface area (Å²) in [7, 11) is 6.00. The largest absolute Gasteiger partial charge is 0.477 e. The first-order chi connectivity index (χ1) is 48.1. The second-order valence-electron chi connectivity index (χ2n) is 30.1. The Morgan fingerprint density at radius 1 is 0.316 bits per heavy atom. The summed E-state index contributed by atoms with van der Waals surface area (Å²) in [6.45, 7) is 4.84. The van der Waals surface area contributed by atoms with Crippen LogP contribution in [-0.4, -0.2) is 87.4 Å². The molecule has 1 N–H and O–H groups in total. The molecular weight excluding hydrogens is 1210 g/mol. The number of nitrogens with zero attached hydrogens (tertiary/aromatic N) is 1. The van der Waals surface area contributed by atoms with Crippen molar-refractivity contribution in [3.05, 3.63) is 72.9 Å². The van der Waals surface area contributed by atoms with Crippen LogP contribution in [0.5, 0.6) is 0 Å². The topological polar surface area (TPSA) is 108 Å². The maximum absolute atomic E-state index is 13.0. The SMILES string of the molecule is CC/C=C\C/C=C\C/C=C\C/C=C\C/C=C\C/C=C\CCCCCCCCCCCCCCCCCCCCCCC(=O)OC(COC(=O)CCCCCCCCCCCCCCCCCCCCCCCCCCCCCCCCCCCC)COC(OCC[N+](C)(C)C)C(=O)O. The van der Waals surface area contributed by atoms with Gasteiger partial charge >= 0.3 is 17.9 Å². The number of likely N-dealkylation sites (N-methyl/N-ethyl adjacent to an activating group) is 1. The molecule has 0 radical (unpaired) electrons. The van der Waals surface area contributed by atoms with Crippen LogP contribution in [0.25, 0.3) is 0 Å². The minimum Gasteiger partial charge on any atom is -0.477 e. The van der Waals surface area contributed by atoms with Gasteiger partial charge in [0.2, 0.25) is 0 Å². The van der Waals surface area contributed by atoms with E-state index in [4.69, 9.17) is 18.9 Å². The minimum absolute atomic E-state index is 0.177. The first-order valence-corrected chi connectivity index (χ1v) is 42.6. The highest BCUT2D eigenvalue weighted by molar-refractivity contribution is 5.71. The van der Waals surface area contributed by atoms with Crippen molar-refractivity contribution in [1.82, 2.24) is 0 Å². The van der Waals surface area contributed by atoms with Crippen LogP contribution >= 0.6 is 0 Å². The lowest BCUT2D eigenvalue weighted by atomic mass is 10.0. The third-order valence-corrected chi connectivity index (χ3v) is 19.2. The van der Waals surface area contributed by atoms with Gasteiger partial charge in [0, 0.05) is 12.8 Å². The molecule has 572 valence electrons. The van der Waals surface area contributed by atoms with Crippen LogP contribution in [0, 0.1) is 0 Å². The summed E-state index contributed by atoms with van der Waals surface area (Å²) in [6, 6.07) is 0. The highest BCUT2D eigenvalue weighted by Gasteiger charge is 2.25. The molecule has 0 saturated carbocycles. The molecule has 0 aromatic rings. The molecule has 9 nitrogen and oxygen atoms in total. The van der Waals surface area contributed by atoms with Crippen molar-refractivity contribution in [3.63, 3.8) is 0 Å². The standard InChI is InChI=1S/C89H163NO8/c1-6-8-10-12-14-16-18-20-22-24-26-28-30-32-34-36-38-40-42-43-44-45-46-48-50-52-54-56-58-60-62-64-66-68-70-72-74-76-78-80-87(92)98-85(84-97-89(88(93)94)95-82-81-90(3,4)5)83-96-86(91)79-77-75-73-71-69-67-65-63-61-59-57-55-53-51-49-47-41-39-37-35-33-31-29-27-25-23-21-19-17-15-13-11-9-7-2/h8,10,14,16,20,22,26,28,32,34,38,40,85,89H,6-7,9,11-13,15,17-19,21,23-25,27,29-31,33,35-37,39,41-84H2,1-5H3/p+1/b10-8-,16-14-,22-20-,28-26-,34-32-,40-38-. The zero-order valence-electron chi connectivity index (χ0n) is 65.7. The Kier molecular flexibility index (Phi) is 76.8. The monoisotopic (exact) mass is 1380 g/mol. The fourth-order valence-electron chi connectivity index (χ4n) is 12.8. The summed E-state index contributed by atoms with van der Waals surface area (Å²) in [6.07, 6.45) is 105. The van der Waals surface area contributed by atoms with Crippen LogP contribution in [-0.2, 0) is 33.3 Å². The Hall–Kier alpha value is -3.27. The third kappa shape index (κ3) is 80.0. The van der Waals surface area contributed by atoms with Gasteiger partial charge in [-0.3, -0.25) is 9.59 Å². The number of hydrogen-bond acceptors (Lipinski definition) is 7. The van der Waals surface area contributed by atoms with Crippen LogP contribution in [0.15, 0.2) is 72.9 Å². The second kappa shape index (κ2) is 79.4. The van der Waals surface area contributed by atoms with Crippen molar-refractivity contribution in [2.45, 2.75) is 431 Å². The van der Waals surface area contributed by atoms with E-state index in [0.29, 0.717) is 17.4 Å². The lowest BCUT2D eigenvalue weighted by Crippen LogP contribution is -2.40. The molecule has 0 fully saturated rings. The number of hydrogen-bond donors (Lipinski definition) is 1. The smallest absolute Gasteiger partial charge is 0.361 e. The van der Waals surface area contributed by atoms with E-state index in [1.54, 1.807) is 0 Å². The quantitative estimate of drug-likeness (QED) is 0.0211. The summed E-state index contributed by atoms with van der Waals surface area (Å²) in [5.74, 6) is -1.97. The van der Waals surface area contributed by atoms with Gasteiger partial charge in [0.25, 0.3) is 6.29 Å². The van der Waals surface area contributed by atoms with Crippen molar-refractivity contribution >= 4 is 17.9 Å². The van der Waals surface area contributed by atoms with Gasteiger partial charge in [0.05, 0.1) is 34.4 Å². The lowest BCUT2D eigenvalue weighted by Gasteiger charge is -2.25. The summed E-state index contributed by atoms with van der Waals surface area (Å²) >= 11 is 0. The molecule has 0 amide bonds. The predicted octanol–water partition coefficient (Wildman–Crippen LogP) is 27.5. The highest BCUT2D eigenvalue weighted by atomic mass is 16.7. The van der Waals surface area contributed by atoms with E-state index in [9.17, 15) is 19.5 Å². The van der Waals surface area contributed by atoms with Crippen LogP contribution in [0.2, 0.25) is 0 Å². The van der Waals surface area contributed by atoms with E-state index in [-0.39, 0.29) is 38.2 Å². The molecule has 9 heteroatoms. The van der Waals surface area contributed by atoms with Crippen molar-refractivity contribution in [2.24, 2.45) is 0 Å². The van der Waals surface area contributed by atoms with Gasteiger partial charge in [0.15, 0.2) is 6.10 Å². The number of rotatable bonds is 80. The van der Waals surface area contributed by atoms with Gasteiger partial charge in [-0.15, -0.1) is 0 Å². The number of unbranched alkanes of at least 4 members (excludes halogenated alkanes) is 53. The molecule has 0 aromatic carbocycles. The van der Waals surface area contributed by atoms with Crippen LogP contribution in [0.4, 0.5) is 0 Å². The summed E-state index contributed by atoms with van der Waals surface area (Å²) in [5.41, 5.74) is 0. The van der Waals surface area contributed by atoms with Crippen LogP contribution in [0.3, 0.4) is 0 Å². The minimum atomic E-state index is -1.51. The van der Waals surface area contributed by atoms with Crippen molar-refractivity contribution in [1.29, 1.82) is 0 Å². The molecule has 2 unspecified atom stereocenters. The van der Waals surface area contributed by atoms with Gasteiger partial charge in [-0.05, 0) is 64.2 Å². The number of carbonyl (C=O) groups excluding carboxylic acids is 2. The number of carboxylic acid groups (broad SMARTS) is 1. The molecular formula is C89H164NO8+. The molecule has 0 aliphatic rings. The van der Waals surface area contributed by atoms with Gasteiger partial charge in [0.1, 0.15) is 13.2 Å². The fourth-order valence-corrected chi connectivity index (χ4v) is 12.8. The summed E-state index contributed by atoms with van der Waals surface area (Å²) in [5, 5.41) is 9.79. The van der Waals surface area contributed by atoms with Crippen LogP contribution in [0.1, 0.15) is 418 Å². The van der Waals surface area contributed by atoms with Crippen molar-refractivity contribution in [2.75, 3.05) is 47.5 Å². The molecule has 0 aliphatic heterocycles. The number of aliphatic carboxylic acids is 1. The number of esters is 2. The zero-order chi connectivity index (χ0) is 71.1. The third-order valence-electron chi connectivity index (χ3n) is 19.2. The number of allylic oxidation sites excluding steroid dienone is 12. The fraction of sp³-hybridized carbons (Fsp3) is 0.831. The van der Waals surface area contributed by atoms with Gasteiger partial charge < -0.3 is 28.5 Å². The Labute approximate surface area is 608 Å². The molecule has 0 aliphatic carbocycles. The number of ether oxygens (including phenoxy) is 4. The second-order valence-corrected chi connectivity index (χ2v) is 30.1. The summed E-state index contributed by atoms with van der Waals surface area (Å²) in [4.78, 5) is 37.8. The van der Waals surface area contributed by atoms with E-state index >= 15 is 0 Å². The Balaban J connectivity index is 3.95. The molecule has 0 bridgehead atoms. The maximum atomic E-state index is 13.0. The first-order valence-electron chi connectivity index (χ1n) is 42.6. The van der Waals surface area contributed by atoms with Crippen molar-refractivity contribution in [3.8, 4) is 0 Å². The lowest BCUT2D eigenvalue weighted by molar-refractivity contribution is -0.870. The average Bonchev–Trinajstić information content (AvgIpc) is 1.38. The zero-order valence-corrected chi connectivity index (χ0v) is 65.7. The van der Waals surface area contributed by atoms with E-state index in [1.165, 1.54) is 315 Å². The molecule has 0 heterocycles. The molecule has 98 heavy (non-hydrogen) atoms. The molecule has 0 rings (SSSR count). The van der Waals surface area contributed by atoms with E-state index in [2.05, 4.69) is 86.8 Å². The Bertz CT molecular complexity index is 1850. The maximum Gasteiger partial charge on any atom is 0.361 e. The van der Waals surface area contributed by atoms with E-state index in [0.717, 1.165) is 77.0 Å². The number of carbonyl (C=O) groups is 3.